The van der Waals surface area contributed by atoms with Gasteiger partial charge in [0, 0.05) is 23.7 Å². The van der Waals surface area contributed by atoms with Gasteiger partial charge in [-0.1, -0.05) is 0 Å². The van der Waals surface area contributed by atoms with Crippen LogP contribution < -0.4 is 15.2 Å². The maximum absolute atomic E-state index is 5.84. The second-order valence-corrected chi connectivity index (χ2v) is 5.56. The highest BCUT2D eigenvalue weighted by Crippen LogP contribution is 2.44. The Hall–Kier alpha value is -1.30. The molecular formula is C15H22N2O3. The summed E-state index contributed by atoms with van der Waals surface area (Å²) in [7, 11) is 3.86. The zero-order chi connectivity index (χ0) is 14.1. The number of nitrogens with zero attached hydrogens (tertiary/aromatic N) is 1. The first-order valence-corrected chi connectivity index (χ1v) is 7.05. The molecule has 0 aliphatic carbocycles. The molecule has 0 spiro atoms. The van der Waals surface area contributed by atoms with Crippen molar-refractivity contribution in [3.05, 3.63) is 23.3 Å². The maximum atomic E-state index is 5.84. The third kappa shape index (κ3) is 2.26. The van der Waals surface area contributed by atoms with Gasteiger partial charge in [-0.25, -0.2) is 0 Å². The average molecular weight is 278 g/mol. The Bertz CT molecular complexity index is 492. The Balaban J connectivity index is 2.02. The average Bonchev–Trinajstić information content (AvgIpc) is 2.86. The van der Waals surface area contributed by atoms with Gasteiger partial charge < -0.3 is 19.9 Å². The Morgan fingerprint density at radius 3 is 3.00 bits per heavy atom. The Kier molecular flexibility index (Phi) is 3.83. The van der Waals surface area contributed by atoms with Gasteiger partial charge in [-0.15, -0.1) is 0 Å². The van der Waals surface area contributed by atoms with E-state index >= 15 is 0 Å². The number of rotatable bonds is 3. The van der Waals surface area contributed by atoms with Crippen LogP contribution in [0.5, 0.6) is 11.5 Å². The normalized spacial score (nSPS) is 26.1. The number of fused-ring (bicyclic) bond motifs is 1. The summed E-state index contributed by atoms with van der Waals surface area (Å²) >= 11 is 0. The molecule has 0 saturated carbocycles. The molecule has 5 nitrogen and oxygen atoms in total. The van der Waals surface area contributed by atoms with Crippen LogP contribution in [0.1, 0.15) is 23.6 Å². The second kappa shape index (κ2) is 5.60. The van der Waals surface area contributed by atoms with E-state index in [1.54, 1.807) is 7.11 Å². The number of hydrogen-bond acceptors (Lipinski definition) is 5. The SMILES string of the molecule is COc1ccc2c(c1C1CC(CN)CN1C)COCO2. The van der Waals surface area contributed by atoms with Crippen LogP contribution >= 0.6 is 0 Å². The second-order valence-electron chi connectivity index (χ2n) is 5.56. The molecular weight excluding hydrogens is 256 g/mol. The molecule has 3 rings (SSSR count). The number of methoxy groups -OCH3 is 1. The molecule has 2 aliphatic rings. The molecule has 0 radical (unpaired) electrons. The molecule has 20 heavy (non-hydrogen) atoms. The fraction of sp³-hybridized carbons (Fsp3) is 0.600. The van der Waals surface area contributed by atoms with Gasteiger partial charge in [0.05, 0.1) is 13.7 Å². The van der Waals surface area contributed by atoms with Crippen LogP contribution in [0.4, 0.5) is 0 Å². The van der Waals surface area contributed by atoms with Crippen molar-refractivity contribution in [1.29, 1.82) is 0 Å². The van der Waals surface area contributed by atoms with E-state index in [9.17, 15) is 0 Å². The summed E-state index contributed by atoms with van der Waals surface area (Å²) in [4.78, 5) is 2.35. The molecule has 2 aliphatic heterocycles. The van der Waals surface area contributed by atoms with Crippen LogP contribution in [0.3, 0.4) is 0 Å². The number of nitrogens with two attached hydrogens (primary N) is 1. The van der Waals surface area contributed by atoms with E-state index in [1.165, 1.54) is 5.56 Å². The van der Waals surface area contributed by atoms with Gasteiger partial charge >= 0.3 is 0 Å². The minimum atomic E-state index is 0.318. The summed E-state index contributed by atoms with van der Waals surface area (Å²) in [6.07, 6.45) is 1.06. The van der Waals surface area contributed by atoms with Crippen molar-refractivity contribution in [3.8, 4) is 11.5 Å². The third-order valence-corrected chi connectivity index (χ3v) is 4.34. The van der Waals surface area contributed by atoms with E-state index in [0.717, 1.165) is 36.6 Å². The first-order valence-electron chi connectivity index (χ1n) is 7.05. The molecule has 110 valence electrons. The zero-order valence-corrected chi connectivity index (χ0v) is 12.1. The molecule has 5 heteroatoms. The lowest BCUT2D eigenvalue weighted by molar-refractivity contribution is -0.0175. The van der Waals surface area contributed by atoms with Gasteiger partial charge in [0.2, 0.25) is 0 Å². The predicted molar refractivity (Wildman–Crippen MR) is 75.8 cm³/mol. The van der Waals surface area contributed by atoms with Gasteiger partial charge in [-0.3, -0.25) is 4.90 Å². The van der Waals surface area contributed by atoms with Crippen LogP contribution in [0.15, 0.2) is 12.1 Å². The van der Waals surface area contributed by atoms with Gasteiger partial charge in [0.1, 0.15) is 11.5 Å². The fourth-order valence-corrected chi connectivity index (χ4v) is 3.31. The highest BCUT2D eigenvalue weighted by atomic mass is 16.7. The van der Waals surface area contributed by atoms with Crippen molar-refractivity contribution in [2.75, 3.05) is 34.0 Å². The van der Waals surface area contributed by atoms with E-state index in [1.807, 2.05) is 12.1 Å². The number of likely N-dealkylation sites (tertiary alicyclic amines) is 1. The third-order valence-electron chi connectivity index (χ3n) is 4.34. The quantitative estimate of drug-likeness (QED) is 0.908. The van der Waals surface area contributed by atoms with Crippen molar-refractivity contribution >= 4 is 0 Å². The van der Waals surface area contributed by atoms with E-state index in [0.29, 0.717) is 25.4 Å². The van der Waals surface area contributed by atoms with Gasteiger partial charge in [0.15, 0.2) is 6.79 Å². The topological polar surface area (TPSA) is 57.0 Å². The van der Waals surface area contributed by atoms with Crippen LogP contribution in [-0.2, 0) is 11.3 Å². The molecule has 1 fully saturated rings. The Morgan fingerprint density at radius 2 is 2.30 bits per heavy atom. The van der Waals surface area contributed by atoms with Crippen LogP contribution in [-0.4, -0.2) is 38.9 Å². The lowest BCUT2D eigenvalue weighted by Gasteiger charge is -2.28. The van der Waals surface area contributed by atoms with Crippen LogP contribution in [0.2, 0.25) is 0 Å². The van der Waals surface area contributed by atoms with Gasteiger partial charge in [-0.2, -0.15) is 0 Å². The summed E-state index contributed by atoms with van der Waals surface area (Å²) in [6, 6.07) is 4.28. The van der Waals surface area contributed by atoms with Gasteiger partial charge in [0.25, 0.3) is 0 Å². The lowest BCUT2D eigenvalue weighted by atomic mass is 9.94. The minimum absolute atomic E-state index is 0.318. The molecule has 1 saturated heterocycles. The predicted octanol–water partition coefficient (Wildman–Crippen LogP) is 1.51. The summed E-state index contributed by atoms with van der Waals surface area (Å²) in [5.41, 5.74) is 8.15. The smallest absolute Gasteiger partial charge is 0.189 e. The van der Waals surface area contributed by atoms with E-state index < -0.39 is 0 Å². The largest absolute Gasteiger partial charge is 0.496 e. The Morgan fingerprint density at radius 1 is 1.45 bits per heavy atom. The van der Waals surface area contributed by atoms with E-state index in [2.05, 4.69) is 11.9 Å². The number of hydrogen-bond donors (Lipinski definition) is 1. The van der Waals surface area contributed by atoms with Crippen LogP contribution in [0.25, 0.3) is 0 Å². The standard InChI is InChI=1S/C15H22N2O3/c1-17-7-10(6-16)5-12(17)15-11-8-19-9-20-13(11)3-4-14(15)18-2/h3-4,10,12H,5-9,16H2,1-2H3. The van der Waals surface area contributed by atoms with E-state index in [4.69, 9.17) is 19.9 Å². The first-order chi connectivity index (χ1) is 9.74. The summed E-state index contributed by atoms with van der Waals surface area (Å²) in [5.74, 6) is 2.36. The highest BCUT2D eigenvalue weighted by molar-refractivity contribution is 5.51. The van der Waals surface area contributed by atoms with Crippen molar-refractivity contribution in [3.63, 3.8) is 0 Å². The summed E-state index contributed by atoms with van der Waals surface area (Å²) in [5, 5.41) is 0. The number of ether oxygens (including phenoxy) is 3. The highest BCUT2D eigenvalue weighted by Gasteiger charge is 2.34. The van der Waals surface area contributed by atoms with Crippen molar-refractivity contribution in [1.82, 2.24) is 4.90 Å². The molecule has 0 aromatic heterocycles. The van der Waals surface area contributed by atoms with Crippen LogP contribution in [0, 0.1) is 5.92 Å². The van der Waals surface area contributed by atoms with Gasteiger partial charge in [-0.05, 0) is 38.1 Å². The van der Waals surface area contributed by atoms with E-state index in [-0.39, 0.29) is 0 Å². The Labute approximate surface area is 119 Å². The molecule has 0 bridgehead atoms. The molecule has 2 N–H and O–H groups in total. The minimum Gasteiger partial charge on any atom is -0.496 e. The lowest BCUT2D eigenvalue weighted by Crippen LogP contribution is -2.23. The molecule has 0 amide bonds. The zero-order valence-electron chi connectivity index (χ0n) is 12.1. The van der Waals surface area contributed by atoms with Crippen molar-refractivity contribution in [2.45, 2.75) is 19.1 Å². The molecule has 2 unspecified atom stereocenters. The molecule has 2 heterocycles. The summed E-state index contributed by atoms with van der Waals surface area (Å²) in [6.45, 7) is 2.66. The first kappa shape index (κ1) is 13.7. The summed E-state index contributed by atoms with van der Waals surface area (Å²) < 4.78 is 16.6. The number of benzene rings is 1. The van der Waals surface area contributed by atoms with Crippen molar-refractivity contribution < 1.29 is 14.2 Å². The molecule has 1 aromatic rings. The molecule has 1 aromatic carbocycles. The molecule has 2 atom stereocenters. The maximum Gasteiger partial charge on any atom is 0.189 e. The van der Waals surface area contributed by atoms with Crippen molar-refractivity contribution in [2.24, 2.45) is 11.7 Å². The fourth-order valence-electron chi connectivity index (χ4n) is 3.31. The monoisotopic (exact) mass is 278 g/mol.